The van der Waals surface area contributed by atoms with Gasteiger partial charge in [-0.2, -0.15) is 5.10 Å². The third kappa shape index (κ3) is 4.84. The van der Waals surface area contributed by atoms with Crippen LogP contribution in [0.25, 0.3) is 11.3 Å². The summed E-state index contributed by atoms with van der Waals surface area (Å²) in [5, 5.41) is 7.15. The molecule has 0 aliphatic rings. The molecule has 0 saturated heterocycles. The van der Waals surface area contributed by atoms with Crippen LogP contribution in [0.4, 0.5) is 5.69 Å². The smallest absolute Gasteiger partial charge is 0.267 e. The van der Waals surface area contributed by atoms with Crippen LogP contribution in [0.1, 0.15) is 0 Å². The molecule has 0 saturated carbocycles. The molecule has 0 unspecified atom stereocenters. The Labute approximate surface area is 184 Å². The summed E-state index contributed by atoms with van der Waals surface area (Å²) >= 11 is 0. The lowest BCUT2D eigenvalue weighted by Gasteiger charge is -2.13. The highest BCUT2D eigenvalue weighted by molar-refractivity contribution is 5.92. The molecular weight excluding hydrogens is 406 g/mol. The largest absolute Gasteiger partial charge is 0.496 e. The monoisotopic (exact) mass is 427 g/mol. The van der Waals surface area contributed by atoms with E-state index in [1.54, 1.807) is 31.4 Å². The number of rotatable bonds is 7. The van der Waals surface area contributed by atoms with Crippen LogP contribution in [0.5, 0.6) is 17.2 Å². The van der Waals surface area contributed by atoms with Gasteiger partial charge in [-0.1, -0.05) is 42.5 Å². The number of methoxy groups -OCH3 is 1. The Morgan fingerprint density at radius 2 is 1.56 bits per heavy atom. The summed E-state index contributed by atoms with van der Waals surface area (Å²) in [6.45, 7) is -0.249. The first-order valence-electron chi connectivity index (χ1n) is 9.97. The predicted molar refractivity (Wildman–Crippen MR) is 122 cm³/mol. The Morgan fingerprint density at radius 3 is 2.34 bits per heavy atom. The van der Waals surface area contributed by atoms with E-state index in [4.69, 9.17) is 9.47 Å². The van der Waals surface area contributed by atoms with E-state index in [-0.39, 0.29) is 12.1 Å². The lowest BCUT2D eigenvalue weighted by atomic mass is 10.1. The third-order valence-corrected chi connectivity index (χ3v) is 4.68. The molecule has 32 heavy (non-hydrogen) atoms. The second-order valence-electron chi connectivity index (χ2n) is 6.87. The maximum absolute atomic E-state index is 12.7. The number of nitrogens with one attached hydrogen (secondary N) is 1. The van der Waals surface area contributed by atoms with Gasteiger partial charge in [-0.25, -0.2) is 4.68 Å². The molecule has 0 fully saturated rings. The number of aromatic nitrogens is 2. The zero-order valence-electron chi connectivity index (χ0n) is 17.4. The lowest BCUT2D eigenvalue weighted by molar-refractivity contribution is -0.117. The van der Waals surface area contributed by atoms with Crippen LogP contribution in [0.2, 0.25) is 0 Å². The molecule has 7 nitrogen and oxygen atoms in total. The molecule has 0 radical (unpaired) electrons. The minimum atomic E-state index is -0.402. The van der Waals surface area contributed by atoms with E-state index in [0.717, 1.165) is 10.2 Å². The first kappa shape index (κ1) is 20.9. The van der Waals surface area contributed by atoms with Gasteiger partial charge >= 0.3 is 0 Å². The van der Waals surface area contributed by atoms with Gasteiger partial charge in [-0.05, 0) is 42.5 Å². The van der Waals surface area contributed by atoms with Crippen LogP contribution in [0, 0.1) is 0 Å². The highest BCUT2D eigenvalue weighted by Gasteiger charge is 2.13. The number of para-hydroxylation sites is 4. The van der Waals surface area contributed by atoms with Gasteiger partial charge in [0, 0.05) is 11.6 Å². The average molecular weight is 427 g/mol. The topological polar surface area (TPSA) is 82.5 Å². The van der Waals surface area contributed by atoms with E-state index < -0.39 is 5.91 Å². The molecule has 1 aromatic heterocycles. The molecule has 0 aliphatic heterocycles. The number of ether oxygens (including phenoxy) is 2. The maximum Gasteiger partial charge on any atom is 0.267 e. The molecule has 0 aliphatic carbocycles. The van der Waals surface area contributed by atoms with Gasteiger partial charge in [0.25, 0.3) is 5.56 Å². The first-order chi connectivity index (χ1) is 15.6. The molecule has 0 atom stereocenters. The Balaban J connectivity index is 1.54. The van der Waals surface area contributed by atoms with Crippen molar-refractivity contribution in [3.63, 3.8) is 0 Å². The van der Waals surface area contributed by atoms with E-state index >= 15 is 0 Å². The molecule has 0 spiro atoms. The molecule has 1 amide bonds. The minimum Gasteiger partial charge on any atom is -0.496 e. The van der Waals surface area contributed by atoms with Crippen molar-refractivity contribution >= 4 is 11.6 Å². The van der Waals surface area contributed by atoms with Gasteiger partial charge in [-0.15, -0.1) is 0 Å². The highest BCUT2D eigenvalue weighted by Crippen LogP contribution is 2.29. The number of amides is 1. The van der Waals surface area contributed by atoms with E-state index in [1.165, 1.54) is 6.07 Å². The van der Waals surface area contributed by atoms with Crippen molar-refractivity contribution in [1.82, 2.24) is 9.78 Å². The SMILES string of the molecule is COc1ccccc1-c1ccc(=O)n(CC(=O)Nc2ccccc2Oc2ccccc2)n1. The van der Waals surface area contributed by atoms with E-state index in [2.05, 4.69) is 10.4 Å². The summed E-state index contributed by atoms with van der Waals surface area (Å²) in [7, 11) is 1.57. The molecule has 1 N–H and O–H groups in total. The molecular formula is C25H21N3O4. The number of anilines is 1. The van der Waals surface area contributed by atoms with Crippen LogP contribution in [0.15, 0.2) is 95.8 Å². The van der Waals surface area contributed by atoms with Crippen molar-refractivity contribution < 1.29 is 14.3 Å². The van der Waals surface area contributed by atoms with Crippen LogP contribution < -0.4 is 20.3 Å². The predicted octanol–water partition coefficient (Wildman–Crippen LogP) is 4.35. The normalized spacial score (nSPS) is 10.4. The lowest BCUT2D eigenvalue weighted by Crippen LogP contribution is -2.29. The summed E-state index contributed by atoms with van der Waals surface area (Å²) in [5.74, 6) is 1.37. The first-order valence-corrected chi connectivity index (χ1v) is 9.97. The summed E-state index contributed by atoms with van der Waals surface area (Å²) in [5.41, 5.74) is 1.37. The second kappa shape index (κ2) is 9.61. The van der Waals surface area contributed by atoms with Gasteiger partial charge in [0.2, 0.25) is 5.91 Å². The second-order valence-corrected chi connectivity index (χ2v) is 6.87. The average Bonchev–Trinajstić information content (AvgIpc) is 2.82. The number of benzene rings is 3. The molecule has 4 rings (SSSR count). The minimum absolute atomic E-state index is 0.249. The summed E-state index contributed by atoms with van der Waals surface area (Å²) in [6.07, 6.45) is 0. The maximum atomic E-state index is 12.7. The molecule has 4 aromatic rings. The van der Waals surface area contributed by atoms with Crippen LogP contribution in [-0.4, -0.2) is 22.8 Å². The van der Waals surface area contributed by atoms with Crippen molar-refractivity contribution in [3.8, 4) is 28.5 Å². The fourth-order valence-electron chi connectivity index (χ4n) is 3.16. The summed E-state index contributed by atoms with van der Waals surface area (Å²) < 4.78 is 12.4. The van der Waals surface area contributed by atoms with Crippen molar-refractivity contribution in [2.45, 2.75) is 6.54 Å². The number of carbonyl (C=O) groups is 1. The quantitative estimate of drug-likeness (QED) is 0.474. The standard InChI is InChI=1S/C25H21N3O4/c1-31-22-13-7-5-11-19(22)20-15-16-25(30)28(27-20)17-24(29)26-21-12-6-8-14-23(21)32-18-9-3-2-4-10-18/h2-16H,17H2,1H3,(H,26,29). The fourth-order valence-corrected chi connectivity index (χ4v) is 3.16. The van der Waals surface area contributed by atoms with Crippen molar-refractivity contribution in [1.29, 1.82) is 0 Å². The number of hydrogen-bond donors (Lipinski definition) is 1. The Hall–Kier alpha value is -4.39. The van der Waals surface area contributed by atoms with Crippen molar-refractivity contribution in [2.75, 3.05) is 12.4 Å². The van der Waals surface area contributed by atoms with Crippen LogP contribution in [-0.2, 0) is 11.3 Å². The van der Waals surface area contributed by atoms with Crippen molar-refractivity contribution in [3.05, 3.63) is 101 Å². The van der Waals surface area contributed by atoms with Gasteiger partial charge in [0.05, 0.1) is 18.5 Å². The Bertz CT molecular complexity index is 1290. The van der Waals surface area contributed by atoms with Gasteiger partial charge in [-0.3, -0.25) is 9.59 Å². The van der Waals surface area contributed by atoms with E-state index in [1.807, 2.05) is 60.7 Å². The molecule has 160 valence electrons. The molecule has 7 heteroatoms. The zero-order valence-corrected chi connectivity index (χ0v) is 17.4. The van der Waals surface area contributed by atoms with Gasteiger partial charge < -0.3 is 14.8 Å². The van der Waals surface area contributed by atoms with E-state index in [0.29, 0.717) is 28.6 Å². The van der Waals surface area contributed by atoms with Crippen molar-refractivity contribution in [2.24, 2.45) is 0 Å². The Morgan fingerprint density at radius 1 is 0.875 bits per heavy atom. The molecule has 3 aromatic carbocycles. The van der Waals surface area contributed by atoms with Crippen LogP contribution >= 0.6 is 0 Å². The Kier molecular flexibility index (Phi) is 6.27. The molecule has 0 bridgehead atoms. The van der Waals surface area contributed by atoms with E-state index in [9.17, 15) is 9.59 Å². The fraction of sp³-hybridized carbons (Fsp3) is 0.0800. The molecule has 1 heterocycles. The highest BCUT2D eigenvalue weighted by atomic mass is 16.5. The number of hydrogen-bond acceptors (Lipinski definition) is 5. The third-order valence-electron chi connectivity index (χ3n) is 4.68. The summed E-state index contributed by atoms with van der Waals surface area (Å²) in [4.78, 5) is 25.0. The summed E-state index contributed by atoms with van der Waals surface area (Å²) in [6, 6.07) is 26.7. The number of carbonyl (C=O) groups excluding carboxylic acids is 1. The van der Waals surface area contributed by atoms with Crippen LogP contribution in [0.3, 0.4) is 0 Å². The zero-order chi connectivity index (χ0) is 22.3. The number of nitrogens with zero attached hydrogens (tertiary/aromatic N) is 2. The van der Waals surface area contributed by atoms with Gasteiger partial charge in [0.15, 0.2) is 5.75 Å². The van der Waals surface area contributed by atoms with Gasteiger partial charge in [0.1, 0.15) is 18.0 Å².